The van der Waals surface area contributed by atoms with Crippen LogP contribution in [-0.2, 0) is 6.54 Å². The lowest BCUT2D eigenvalue weighted by Gasteiger charge is -2.40. The third-order valence-electron chi connectivity index (χ3n) is 3.65. The smallest absolute Gasteiger partial charge is 0.335 e. The van der Waals surface area contributed by atoms with Gasteiger partial charge >= 0.3 is 5.97 Å². The topological polar surface area (TPSA) is 49.3 Å². The number of carbonyl (C=O) groups is 1. The van der Waals surface area contributed by atoms with Crippen LogP contribution in [0.4, 0.5) is 0 Å². The molecule has 0 atom stereocenters. The van der Waals surface area contributed by atoms with Crippen molar-refractivity contribution in [1.29, 1.82) is 0 Å². The van der Waals surface area contributed by atoms with Gasteiger partial charge in [-0.1, -0.05) is 18.6 Å². The van der Waals surface area contributed by atoms with E-state index in [1.54, 1.807) is 18.2 Å². The fraction of sp³-hybridized carbons (Fsp3) is 0.500. The summed E-state index contributed by atoms with van der Waals surface area (Å²) in [6, 6.07) is 7.13. The Morgan fingerprint density at radius 3 is 2.83 bits per heavy atom. The van der Waals surface area contributed by atoms with E-state index in [9.17, 15) is 4.79 Å². The van der Waals surface area contributed by atoms with Crippen LogP contribution in [-0.4, -0.2) is 28.6 Å². The van der Waals surface area contributed by atoms with Gasteiger partial charge < -0.3 is 10.4 Å². The molecule has 2 rings (SSSR count). The highest BCUT2D eigenvalue weighted by Crippen LogP contribution is 2.42. The first-order valence-electron chi connectivity index (χ1n) is 6.23. The van der Waals surface area contributed by atoms with Crippen LogP contribution in [0, 0.1) is 0 Å². The van der Waals surface area contributed by atoms with Gasteiger partial charge in [-0.25, -0.2) is 4.79 Å². The Kier molecular flexibility index (Phi) is 4.30. The van der Waals surface area contributed by atoms with Gasteiger partial charge in [0.1, 0.15) is 0 Å². The Hall–Kier alpha value is -1.00. The normalized spacial score (nSPS) is 17.2. The summed E-state index contributed by atoms with van der Waals surface area (Å²) < 4.78 is 0.421. The SMILES string of the molecule is CSC1(CNCc2cccc(C(=O)O)c2)CCC1. The number of aromatic carboxylic acids is 1. The summed E-state index contributed by atoms with van der Waals surface area (Å²) in [5, 5.41) is 12.4. The second-order valence-corrected chi connectivity index (χ2v) is 6.12. The molecule has 18 heavy (non-hydrogen) atoms. The van der Waals surface area contributed by atoms with E-state index in [1.807, 2.05) is 17.8 Å². The first-order chi connectivity index (χ1) is 8.65. The first-order valence-corrected chi connectivity index (χ1v) is 7.46. The molecular formula is C14H19NO2S. The third kappa shape index (κ3) is 3.06. The Bertz CT molecular complexity index is 424. The average Bonchev–Trinajstić information content (AvgIpc) is 2.33. The number of hydrogen-bond acceptors (Lipinski definition) is 3. The summed E-state index contributed by atoms with van der Waals surface area (Å²) in [7, 11) is 0. The Balaban J connectivity index is 1.86. The third-order valence-corrected chi connectivity index (χ3v) is 5.07. The maximum Gasteiger partial charge on any atom is 0.335 e. The summed E-state index contributed by atoms with van der Waals surface area (Å²) in [4.78, 5) is 10.9. The van der Waals surface area contributed by atoms with E-state index in [0.717, 1.165) is 18.7 Å². The van der Waals surface area contributed by atoms with Crippen LogP contribution < -0.4 is 5.32 Å². The number of carboxylic acid groups (broad SMARTS) is 1. The molecule has 0 aromatic heterocycles. The van der Waals surface area contributed by atoms with Gasteiger partial charge in [0.25, 0.3) is 0 Å². The number of benzene rings is 1. The van der Waals surface area contributed by atoms with Gasteiger partial charge in [-0.05, 0) is 36.8 Å². The van der Waals surface area contributed by atoms with Crippen LogP contribution in [0.25, 0.3) is 0 Å². The largest absolute Gasteiger partial charge is 0.478 e. The molecule has 0 bridgehead atoms. The molecule has 0 saturated heterocycles. The van der Waals surface area contributed by atoms with Crippen molar-refractivity contribution in [1.82, 2.24) is 5.32 Å². The summed E-state index contributed by atoms with van der Waals surface area (Å²) >= 11 is 1.95. The van der Waals surface area contributed by atoms with Crippen molar-refractivity contribution >= 4 is 17.7 Å². The van der Waals surface area contributed by atoms with Crippen molar-refractivity contribution < 1.29 is 9.90 Å². The van der Waals surface area contributed by atoms with Gasteiger partial charge in [0.15, 0.2) is 0 Å². The van der Waals surface area contributed by atoms with Crippen molar-refractivity contribution in [2.45, 2.75) is 30.6 Å². The summed E-state index contributed by atoms with van der Waals surface area (Å²) in [6.45, 7) is 1.74. The lowest BCUT2D eigenvalue weighted by molar-refractivity contribution is 0.0696. The zero-order valence-electron chi connectivity index (χ0n) is 10.6. The van der Waals surface area contributed by atoms with Crippen molar-refractivity contribution in [3.63, 3.8) is 0 Å². The molecule has 4 heteroatoms. The second kappa shape index (κ2) is 5.76. The molecule has 3 nitrogen and oxygen atoms in total. The van der Waals surface area contributed by atoms with Gasteiger partial charge in [0, 0.05) is 17.8 Å². The lowest BCUT2D eigenvalue weighted by atomic mass is 9.84. The Labute approximate surface area is 112 Å². The maximum atomic E-state index is 10.9. The Morgan fingerprint density at radius 1 is 1.50 bits per heavy atom. The van der Waals surface area contributed by atoms with Gasteiger partial charge in [-0.3, -0.25) is 0 Å². The lowest BCUT2D eigenvalue weighted by Crippen LogP contribution is -2.43. The molecule has 0 heterocycles. The molecule has 1 aromatic carbocycles. The molecule has 0 unspecified atom stereocenters. The molecule has 98 valence electrons. The number of thioether (sulfide) groups is 1. The van der Waals surface area contributed by atoms with Gasteiger partial charge in [-0.2, -0.15) is 11.8 Å². The standard InChI is InChI=1S/C14H19NO2S/c1-18-14(6-3-7-14)10-15-9-11-4-2-5-12(8-11)13(16)17/h2,4-5,8,15H,3,6-7,9-10H2,1H3,(H,16,17). The minimum Gasteiger partial charge on any atom is -0.478 e. The van der Waals surface area contributed by atoms with Crippen molar-refractivity contribution in [2.75, 3.05) is 12.8 Å². The minimum absolute atomic E-state index is 0.359. The van der Waals surface area contributed by atoms with Crippen LogP contribution in [0.2, 0.25) is 0 Å². The van der Waals surface area contributed by atoms with E-state index >= 15 is 0 Å². The zero-order chi connectivity index (χ0) is 13.0. The average molecular weight is 265 g/mol. The first kappa shape index (κ1) is 13.4. The van der Waals surface area contributed by atoms with E-state index in [2.05, 4.69) is 11.6 Å². The predicted octanol–water partition coefficient (Wildman–Crippen LogP) is 2.76. The number of carboxylic acids is 1. The Morgan fingerprint density at radius 2 is 2.28 bits per heavy atom. The highest BCUT2D eigenvalue weighted by Gasteiger charge is 2.35. The molecule has 1 aromatic rings. The van der Waals surface area contributed by atoms with Crippen LogP contribution in [0.15, 0.2) is 24.3 Å². The molecular weight excluding hydrogens is 246 g/mol. The summed E-state index contributed by atoms with van der Waals surface area (Å²) in [5.41, 5.74) is 1.39. The number of rotatable bonds is 6. The molecule has 2 N–H and O–H groups in total. The van der Waals surface area contributed by atoms with E-state index in [4.69, 9.17) is 5.11 Å². The molecule has 0 radical (unpaired) electrons. The minimum atomic E-state index is -0.864. The van der Waals surface area contributed by atoms with Crippen molar-refractivity contribution in [3.8, 4) is 0 Å². The molecule has 0 amide bonds. The second-order valence-electron chi connectivity index (χ2n) is 4.85. The summed E-state index contributed by atoms with van der Waals surface area (Å²) in [6.07, 6.45) is 6.08. The van der Waals surface area contributed by atoms with E-state index in [1.165, 1.54) is 19.3 Å². The van der Waals surface area contributed by atoms with Crippen LogP contribution in [0.3, 0.4) is 0 Å². The van der Waals surface area contributed by atoms with Gasteiger partial charge in [0.05, 0.1) is 5.56 Å². The van der Waals surface area contributed by atoms with Crippen LogP contribution in [0.1, 0.15) is 35.2 Å². The summed E-state index contributed by atoms with van der Waals surface area (Å²) in [5.74, 6) is -0.864. The molecule has 0 spiro atoms. The highest BCUT2D eigenvalue weighted by atomic mass is 32.2. The molecule has 1 aliphatic carbocycles. The van der Waals surface area contributed by atoms with Gasteiger partial charge in [-0.15, -0.1) is 0 Å². The number of hydrogen-bond donors (Lipinski definition) is 2. The van der Waals surface area contributed by atoms with Crippen molar-refractivity contribution in [2.24, 2.45) is 0 Å². The fourth-order valence-electron chi connectivity index (χ4n) is 2.27. The quantitative estimate of drug-likeness (QED) is 0.830. The van der Waals surface area contributed by atoms with Crippen LogP contribution in [0.5, 0.6) is 0 Å². The maximum absolute atomic E-state index is 10.9. The molecule has 1 fully saturated rings. The van der Waals surface area contributed by atoms with E-state index in [-0.39, 0.29) is 0 Å². The van der Waals surface area contributed by atoms with Crippen LogP contribution >= 0.6 is 11.8 Å². The number of nitrogens with one attached hydrogen (secondary N) is 1. The van der Waals surface area contributed by atoms with Gasteiger partial charge in [0.2, 0.25) is 0 Å². The van der Waals surface area contributed by atoms with Crippen molar-refractivity contribution in [3.05, 3.63) is 35.4 Å². The molecule has 0 aliphatic heterocycles. The fourth-order valence-corrected chi connectivity index (χ4v) is 3.22. The van der Waals surface area contributed by atoms with E-state index < -0.39 is 5.97 Å². The van der Waals surface area contributed by atoms with E-state index in [0.29, 0.717) is 10.3 Å². The predicted molar refractivity (Wildman–Crippen MR) is 75.2 cm³/mol. The molecule has 1 saturated carbocycles. The zero-order valence-corrected chi connectivity index (χ0v) is 11.4. The monoisotopic (exact) mass is 265 g/mol. The molecule has 1 aliphatic rings. The highest BCUT2D eigenvalue weighted by molar-refractivity contribution is 8.00.